The third-order valence-corrected chi connectivity index (χ3v) is 4.84. The highest BCUT2D eigenvalue weighted by Gasteiger charge is 2.18. The quantitative estimate of drug-likeness (QED) is 0.902. The maximum atomic E-state index is 13.2. The molecule has 0 saturated carbocycles. The minimum atomic E-state index is -3.92. The number of hydrogen-bond donors (Lipinski definition) is 1. The van der Waals surface area contributed by atoms with Gasteiger partial charge in [-0.25, -0.2) is 17.2 Å². The number of benzene rings is 2. The van der Waals surface area contributed by atoms with Crippen molar-refractivity contribution in [1.29, 1.82) is 0 Å². The van der Waals surface area contributed by atoms with Gasteiger partial charge >= 0.3 is 0 Å². The monoisotopic (exact) mass is 361 g/mol. The van der Waals surface area contributed by atoms with Gasteiger partial charge in [-0.3, -0.25) is 4.72 Å². The van der Waals surface area contributed by atoms with Crippen molar-refractivity contribution < 1.29 is 17.2 Å². The molecule has 0 spiro atoms. The Balaban J connectivity index is 2.40. The minimum Gasteiger partial charge on any atom is -0.279 e. The van der Waals surface area contributed by atoms with Crippen molar-refractivity contribution in [3.63, 3.8) is 0 Å². The summed E-state index contributed by atoms with van der Waals surface area (Å²) in [7, 11) is -3.92. The predicted molar refractivity (Wildman–Crippen MR) is 76.0 cm³/mol. The van der Waals surface area contributed by atoms with Gasteiger partial charge in [-0.1, -0.05) is 0 Å². The van der Waals surface area contributed by atoms with Crippen LogP contribution >= 0.6 is 15.9 Å². The molecule has 0 saturated heterocycles. The molecular weight excluding hydrogens is 352 g/mol. The molecule has 0 aliphatic heterocycles. The number of hydrogen-bond acceptors (Lipinski definition) is 2. The molecule has 0 aromatic heterocycles. The maximum Gasteiger partial charge on any atom is 0.263 e. The van der Waals surface area contributed by atoms with Gasteiger partial charge in [0, 0.05) is 4.47 Å². The molecule has 0 radical (unpaired) electrons. The van der Waals surface area contributed by atoms with Crippen LogP contribution in [0.5, 0.6) is 0 Å². The number of anilines is 1. The van der Waals surface area contributed by atoms with E-state index in [0.29, 0.717) is 5.56 Å². The van der Waals surface area contributed by atoms with Crippen LogP contribution in [0.1, 0.15) is 5.56 Å². The summed E-state index contributed by atoms with van der Waals surface area (Å²) in [6, 6.07) is 7.07. The Morgan fingerprint density at radius 2 is 1.75 bits per heavy atom. The van der Waals surface area contributed by atoms with Gasteiger partial charge in [0.25, 0.3) is 10.0 Å². The lowest BCUT2D eigenvalue weighted by atomic mass is 10.2. The summed E-state index contributed by atoms with van der Waals surface area (Å²) < 4.78 is 52.9. The SMILES string of the molecule is Cc1cc(F)cc(NS(=O)(=O)c2ccc(F)cc2Br)c1. The van der Waals surface area contributed by atoms with E-state index in [-0.39, 0.29) is 15.1 Å². The molecule has 0 amide bonds. The van der Waals surface area contributed by atoms with Crippen LogP contribution in [0.2, 0.25) is 0 Å². The first-order chi connectivity index (χ1) is 9.28. The maximum absolute atomic E-state index is 13.2. The number of rotatable bonds is 3. The lowest BCUT2D eigenvalue weighted by Gasteiger charge is -2.10. The van der Waals surface area contributed by atoms with E-state index in [1.165, 1.54) is 12.1 Å². The van der Waals surface area contributed by atoms with Gasteiger partial charge in [-0.2, -0.15) is 0 Å². The van der Waals surface area contributed by atoms with E-state index in [9.17, 15) is 17.2 Å². The summed E-state index contributed by atoms with van der Waals surface area (Å²) in [6.07, 6.45) is 0. The summed E-state index contributed by atoms with van der Waals surface area (Å²) in [5.41, 5.74) is 0.694. The van der Waals surface area contributed by atoms with Crippen molar-refractivity contribution in [2.75, 3.05) is 4.72 Å². The Hall–Kier alpha value is -1.47. The zero-order chi connectivity index (χ0) is 14.9. The van der Waals surface area contributed by atoms with Crippen LogP contribution < -0.4 is 4.72 Å². The third-order valence-electron chi connectivity index (χ3n) is 2.48. The second kappa shape index (κ2) is 5.49. The summed E-state index contributed by atoms with van der Waals surface area (Å²) in [5, 5.41) is 0. The lowest BCUT2D eigenvalue weighted by Crippen LogP contribution is -2.14. The predicted octanol–water partition coefficient (Wildman–Crippen LogP) is 3.84. The number of halogens is 3. The zero-order valence-electron chi connectivity index (χ0n) is 10.3. The molecular formula is C13H10BrF2NO2S. The molecule has 0 unspecified atom stereocenters. The summed E-state index contributed by atoms with van der Waals surface area (Å²) in [4.78, 5) is -0.124. The standard InChI is InChI=1S/C13H10BrF2NO2S/c1-8-4-10(16)6-11(5-8)17-20(18,19)13-3-2-9(15)7-12(13)14/h2-7,17H,1H3. The summed E-state index contributed by atoms with van der Waals surface area (Å²) in [5.74, 6) is -1.10. The van der Waals surface area contributed by atoms with Gasteiger partial charge in [-0.05, 0) is 64.8 Å². The minimum absolute atomic E-state index is 0.0955. The lowest BCUT2D eigenvalue weighted by molar-refractivity contribution is 0.598. The van der Waals surface area contributed by atoms with E-state index in [0.717, 1.165) is 24.3 Å². The molecule has 2 aromatic rings. The van der Waals surface area contributed by atoms with Crippen molar-refractivity contribution in [3.05, 3.63) is 58.1 Å². The van der Waals surface area contributed by atoms with E-state index in [1.54, 1.807) is 6.92 Å². The van der Waals surface area contributed by atoms with E-state index >= 15 is 0 Å². The van der Waals surface area contributed by atoms with E-state index in [4.69, 9.17) is 0 Å². The molecule has 1 N–H and O–H groups in total. The van der Waals surface area contributed by atoms with Gasteiger partial charge < -0.3 is 0 Å². The molecule has 7 heteroatoms. The Morgan fingerprint density at radius 3 is 2.35 bits per heavy atom. The molecule has 0 aliphatic rings. The average Bonchev–Trinajstić information content (AvgIpc) is 2.25. The van der Waals surface area contributed by atoms with Crippen LogP contribution in [0.4, 0.5) is 14.5 Å². The highest BCUT2D eigenvalue weighted by molar-refractivity contribution is 9.10. The smallest absolute Gasteiger partial charge is 0.263 e. The largest absolute Gasteiger partial charge is 0.279 e. The summed E-state index contributed by atoms with van der Waals surface area (Å²) in [6.45, 7) is 1.65. The van der Waals surface area contributed by atoms with Gasteiger partial charge in [0.05, 0.1) is 5.69 Å². The summed E-state index contributed by atoms with van der Waals surface area (Å²) >= 11 is 2.99. The molecule has 0 aliphatic carbocycles. The fourth-order valence-corrected chi connectivity index (χ4v) is 3.79. The molecule has 2 aromatic carbocycles. The topological polar surface area (TPSA) is 46.2 Å². The number of nitrogens with one attached hydrogen (secondary N) is 1. The third kappa shape index (κ3) is 3.34. The van der Waals surface area contributed by atoms with Crippen LogP contribution in [-0.4, -0.2) is 8.42 Å². The Labute approximate surface area is 123 Å². The molecule has 0 heterocycles. The number of sulfonamides is 1. The van der Waals surface area contributed by atoms with Crippen molar-refractivity contribution >= 4 is 31.6 Å². The first kappa shape index (κ1) is 14.9. The van der Waals surface area contributed by atoms with Crippen LogP contribution in [-0.2, 0) is 10.0 Å². The molecule has 3 nitrogen and oxygen atoms in total. The van der Waals surface area contributed by atoms with Crippen molar-refractivity contribution in [2.24, 2.45) is 0 Å². The van der Waals surface area contributed by atoms with Gasteiger partial charge in [0.1, 0.15) is 16.5 Å². The second-order valence-corrected chi connectivity index (χ2v) is 6.70. The van der Waals surface area contributed by atoms with Crippen molar-refractivity contribution in [2.45, 2.75) is 11.8 Å². The van der Waals surface area contributed by atoms with Crippen LogP contribution in [0.15, 0.2) is 45.8 Å². The molecule has 0 bridgehead atoms. The van der Waals surface area contributed by atoms with Crippen LogP contribution in [0.25, 0.3) is 0 Å². The van der Waals surface area contributed by atoms with Crippen molar-refractivity contribution in [3.8, 4) is 0 Å². The fraction of sp³-hybridized carbons (Fsp3) is 0.0769. The van der Waals surface area contributed by atoms with E-state index < -0.39 is 21.7 Å². The fourth-order valence-electron chi connectivity index (χ4n) is 1.70. The van der Waals surface area contributed by atoms with Gasteiger partial charge in [0.2, 0.25) is 0 Å². The highest BCUT2D eigenvalue weighted by atomic mass is 79.9. The highest BCUT2D eigenvalue weighted by Crippen LogP contribution is 2.25. The normalized spacial score (nSPS) is 11.4. The van der Waals surface area contributed by atoms with E-state index in [2.05, 4.69) is 20.7 Å². The first-order valence-corrected chi connectivity index (χ1v) is 7.80. The van der Waals surface area contributed by atoms with E-state index in [1.807, 2.05) is 0 Å². The van der Waals surface area contributed by atoms with Crippen LogP contribution in [0.3, 0.4) is 0 Å². The molecule has 2 rings (SSSR count). The zero-order valence-corrected chi connectivity index (χ0v) is 12.7. The molecule has 20 heavy (non-hydrogen) atoms. The average molecular weight is 362 g/mol. The number of aryl methyl sites for hydroxylation is 1. The Bertz CT molecular complexity index is 743. The molecule has 106 valence electrons. The molecule has 0 fully saturated rings. The first-order valence-electron chi connectivity index (χ1n) is 5.53. The van der Waals surface area contributed by atoms with Gasteiger partial charge in [0.15, 0.2) is 0 Å². The van der Waals surface area contributed by atoms with Gasteiger partial charge in [-0.15, -0.1) is 0 Å². The molecule has 0 atom stereocenters. The Morgan fingerprint density at radius 1 is 1.05 bits per heavy atom. The Kier molecular flexibility index (Phi) is 4.10. The van der Waals surface area contributed by atoms with Crippen LogP contribution in [0, 0.1) is 18.6 Å². The second-order valence-electron chi connectivity index (χ2n) is 4.20. The van der Waals surface area contributed by atoms with Crippen molar-refractivity contribution in [1.82, 2.24) is 0 Å².